The van der Waals surface area contributed by atoms with Crippen LogP contribution in [0.2, 0.25) is 0 Å². The van der Waals surface area contributed by atoms with Gasteiger partial charge < -0.3 is 10.1 Å². The maximum absolute atomic E-state index is 12.1. The van der Waals surface area contributed by atoms with Crippen molar-refractivity contribution in [1.82, 2.24) is 5.32 Å². The third-order valence-electron chi connectivity index (χ3n) is 3.81. The van der Waals surface area contributed by atoms with Crippen molar-refractivity contribution in [3.05, 3.63) is 35.9 Å². The van der Waals surface area contributed by atoms with Crippen LogP contribution in [0.15, 0.2) is 30.3 Å². The minimum Gasteiger partial charge on any atom is -0.376 e. The summed E-state index contributed by atoms with van der Waals surface area (Å²) in [6, 6.07) is 11.2. The van der Waals surface area contributed by atoms with E-state index in [1.807, 2.05) is 18.2 Å². The summed E-state index contributed by atoms with van der Waals surface area (Å²) in [6.45, 7) is 0.480. The van der Waals surface area contributed by atoms with Crippen molar-refractivity contribution in [3.8, 4) is 6.07 Å². The van der Waals surface area contributed by atoms with Gasteiger partial charge in [-0.1, -0.05) is 30.3 Å². The van der Waals surface area contributed by atoms with Crippen molar-refractivity contribution in [2.45, 2.75) is 30.8 Å². The molecule has 1 N–H and O–H groups in total. The van der Waals surface area contributed by atoms with E-state index in [9.17, 15) is 4.79 Å². The van der Waals surface area contributed by atoms with Crippen LogP contribution in [-0.2, 0) is 9.53 Å². The smallest absolute Gasteiger partial charge is 0.241 e. The van der Waals surface area contributed by atoms with E-state index in [0.717, 1.165) is 24.8 Å². The molecule has 1 aliphatic rings. The third kappa shape index (κ3) is 2.94. The number of nitrogens with one attached hydrogen (secondary N) is 1. The summed E-state index contributed by atoms with van der Waals surface area (Å²) >= 11 is 0. The Balaban J connectivity index is 1.97. The van der Waals surface area contributed by atoms with Crippen LogP contribution >= 0.6 is 0 Å². The molecule has 1 atom stereocenters. The van der Waals surface area contributed by atoms with Crippen molar-refractivity contribution < 1.29 is 9.53 Å². The summed E-state index contributed by atoms with van der Waals surface area (Å²) in [4.78, 5) is 12.1. The van der Waals surface area contributed by atoms with Gasteiger partial charge in [0, 0.05) is 13.7 Å². The average Bonchev–Trinajstić information content (AvgIpc) is 2.40. The van der Waals surface area contributed by atoms with E-state index < -0.39 is 5.92 Å². The molecule has 1 aromatic rings. The van der Waals surface area contributed by atoms with Gasteiger partial charge in [-0.2, -0.15) is 5.26 Å². The zero-order valence-corrected chi connectivity index (χ0v) is 11.1. The number of amides is 1. The highest BCUT2D eigenvalue weighted by atomic mass is 16.5. The SMILES string of the molecule is COC1(CNC(=O)C(C#N)c2ccccc2)CCC1. The molecule has 1 aromatic carbocycles. The minimum absolute atomic E-state index is 0.216. The Morgan fingerprint density at radius 3 is 2.63 bits per heavy atom. The maximum Gasteiger partial charge on any atom is 0.241 e. The number of methoxy groups -OCH3 is 1. The van der Waals surface area contributed by atoms with E-state index in [1.165, 1.54) is 0 Å². The Bertz CT molecular complexity index is 469. The number of carbonyl (C=O) groups is 1. The molecule has 2 rings (SSSR count). The molecule has 1 aliphatic carbocycles. The molecule has 1 fully saturated rings. The second-order valence-corrected chi connectivity index (χ2v) is 4.93. The van der Waals surface area contributed by atoms with Gasteiger partial charge in [0.05, 0.1) is 11.7 Å². The first-order chi connectivity index (χ1) is 9.21. The topological polar surface area (TPSA) is 62.1 Å². The molecule has 4 heteroatoms. The molecular formula is C15H18N2O2. The normalized spacial score (nSPS) is 17.9. The number of nitriles is 1. The molecule has 100 valence electrons. The van der Waals surface area contributed by atoms with Crippen molar-refractivity contribution in [2.24, 2.45) is 0 Å². The second kappa shape index (κ2) is 5.85. The van der Waals surface area contributed by atoms with Crippen LogP contribution in [0.1, 0.15) is 30.7 Å². The average molecular weight is 258 g/mol. The molecule has 0 saturated heterocycles. The van der Waals surface area contributed by atoms with Gasteiger partial charge in [-0.05, 0) is 24.8 Å². The summed E-state index contributed by atoms with van der Waals surface area (Å²) in [5.41, 5.74) is 0.509. The Labute approximate surface area is 113 Å². The van der Waals surface area contributed by atoms with E-state index >= 15 is 0 Å². The third-order valence-corrected chi connectivity index (χ3v) is 3.81. The van der Waals surface area contributed by atoms with E-state index in [-0.39, 0.29) is 11.5 Å². The van der Waals surface area contributed by atoms with Gasteiger partial charge in [0.15, 0.2) is 0 Å². The van der Waals surface area contributed by atoms with Crippen molar-refractivity contribution in [1.29, 1.82) is 5.26 Å². The fraction of sp³-hybridized carbons (Fsp3) is 0.467. The van der Waals surface area contributed by atoms with Gasteiger partial charge in [0.25, 0.3) is 0 Å². The zero-order valence-electron chi connectivity index (χ0n) is 11.1. The number of carbonyl (C=O) groups excluding carboxylic acids is 1. The fourth-order valence-corrected chi connectivity index (χ4v) is 2.30. The lowest BCUT2D eigenvalue weighted by Gasteiger charge is -2.40. The molecule has 1 amide bonds. The lowest BCUT2D eigenvalue weighted by molar-refractivity contribution is -0.125. The van der Waals surface area contributed by atoms with Crippen LogP contribution < -0.4 is 5.32 Å². The molecule has 0 radical (unpaired) electrons. The first kappa shape index (κ1) is 13.6. The summed E-state index contributed by atoms with van der Waals surface area (Å²) in [7, 11) is 1.67. The van der Waals surface area contributed by atoms with Crippen molar-refractivity contribution in [2.75, 3.05) is 13.7 Å². The standard InChI is InChI=1S/C15H18N2O2/c1-19-15(8-5-9-15)11-17-14(18)13(10-16)12-6-3-2-4-7-12/h2-4,6-7,13H,5,8-9,11H2,1H3,(H,17,18). The second-order valence-electron chi connectivity index (χ2n) is 4.93. The molecule has 0 bridgehead atoms. The number of rotatable bonds is 5. The van der Waals surface area contributed by atoms with Crippen LogP contribution in [0.4, 0.5) is 0 Å². The summed E-state index contributed by atoms with van der Waals surface area (Å²) in [6.07, 6.45) is 3.06. The first-order valence-corrected chi connectivity index (χ1v) is 6.48. The fourth-order valence-electron chi connectivity index (χ4n) is 2.30. The molecule has 0 heterocycles. The highest BCUT2D eigenvalue weighted by Crippen LogP contribution is 2.34. The van der Waals surface area contributed by atoms with Gasteiger partial charge in [0.1, 0.15) is 5.92 Å². The first-order valence-electron chi connectivity index (χ1n) is 6.48. The largest absolute Gasteiger partial charge is 0.376 e. The monoisotopic (exact) mass is 258 g/mol. The summed E-state index contributed by atoms with van der Waals surface area (Å²) in [5, 5.41) is 12.0. The molecular weight excluding hydrogens is 240 g/mol. The zero-order chi connectivity index (χ0) is 13.7. The van der Waals surface area contributed by atoms with E-state index in [1.54, 1.807) is 19.2 Å². The minimum atomic E-state index is -0.754. The van der Waals surface area contributed by atoms with Crippen molar-refractivity contribution in [3.63, 3.8) is 0 Å². The van der Waals surface area contributed by atoms with Gasteiger partial charge in [0.2, 0.25) is 5.91 Å². The van der Waals surface area contributed by atoms with Gasteiger partial charge in [-0.25, -0.2) is 0 Å². The Morgan fingerprint density at radius 1 is 1.47 bits per heavy atom. The van der Waals surface area contributed by atoms with Crippen LogP contribution in [0, 0.1) is 11.3 Å². The number of ether oxygens (including phenoxy) is 1. The number of benzene rings is 1. The van der Waals surface area contributed by atoms with Crippen LogP contribution in [0.5, 0.6) is 0 Å². The maximum atomic E-state index is 12.1. The van der Waals surface area contributed by atoms with E-state index in [0.29, 0.717) is 6.54 Å². The van der Waals surface area contributed by atoms with Crippen molar-refractivity contribution >= 4 is 5.91 Å². The number of nitrogens with zero attached hydrogens (tertiary/aromatic N) is 1. The van der Waals surface area contributed by atoms with Crippen LogP contribution in [-0.4, -0.2) is 25.2 Å². The quantitative estimate of drug-likeness (QED) is 0.878. The highest BCUT2D eigenvalue weighted by molar-refractivity contribution is 5.86. The predicted molar refractivity (Wildman–Crippen MR) is 71.4 cm³/mol. The van der Waals surface area contributed by atoms with Gasteiger partial charge in [-0.15, -0.1) is 0 Å². The lowest BCUT2D eigenvalue weighted by atomic mass is 9.80. The molecule has 4 nitrogen and oxygen atoms in total. The highest BCUT2D eigenvalue weighted by Gasteiger charge is 2.37. The van der Waals surface area contributed by atoms with Gasteiger partial charge >= 0.3 is 0 Å². The summed E-state index contributed by atoms with van der Waals surface area (Å²) in [5.74, 6) is -1.01. The molecule has 0 spiro atoms. The Kier molecular flexibility index (Phi) is 4.18. The molecule has 0 aliphatic heterocycles. The molecule has 1 saturated carbocycles. The summed E-state index contributed by atoms with van der Waals surface area (Å²) < 4.78 is 5.45. The number of hydrogen-bond acceptors (Lipinski definition) is 3. The Hall–Kier alpha value is -1.86. The lowest BCUT2D eigenvalue weighted by Crippen LogP contribution is -2.50. The van der Waals surface area contributed by atoms with E-state index in [2.05, 4.69) is 11.4 Å². The van der Waals surface area contributed by atoms with Crippen LogP contribution in [0.3, 0.4) is 0 Å². The van der Waals surface area contributed by atoms with Gasteiger partial charge in [-0.3, -0.25) is 4.79 Å². The molecule has 1 unspecified atom stereocenters. The Morgan fingerprint density at radius 2 is 2.16 bits per heavy atom. The number of hydrogen-bond donors (Lipinski definition) is 1. The molecule has 0 aromatic heterocycles. The molecule has 19 heavy (non-hydrogen) atoms. The van der Waals surface area contributed by atoms with Crippen LogP contribution in [0.25, 0.3) is 0 Å². The predicted octanol–water partition coefficient (Wildman–Crippen LogP) is 1.98. The van der Waals surface area contributed by atoms with E-state index in [4.69, 9.17) is 10.00 Å².